The number of rotatable bonds is 3. The minimum atomic E-state index is 0.226. The highest BCUT2D eigenvalue weighted by Gasteiger charge is 2.58. The summed E-state index contributed by atoms with van der Waals surface area (Å²) in [7, 11) is 0. The number of ether oxygens (including phenoxy) is 1. The van der Waals surface area contributed by atoms with Gasteiger partial charge in [-0.1, -0.05) is 42.5 Å². The van der Waals surface area contributed by atoms with Crippen LogP contribution in [0, 0.1) is 22.7 Å². The Balaban J connectivity index is 0.000000144. The molecule has 4 aliphatic carbocycles. The van der Waals surface area contributed by atoms with Gasteiger partial charge in [-0.15, -0.1) is 0 Å². The molecule has 6 aliphatic rings. The highest BCUT2D eigenvalue weighted by molar-refractivity contribution is 5.74. The van der Waals surface area contributed by atoms with E-state index >= 15 is 0 Å². The van der Waals surface area contributed by atoms with E-state index in [9.17, 15) is 14.7 Å². The van der Waals surface area contributed by atoms with Gasteiger partial charge in [0.25, 0.3) is 0 Å². The van der Waals surface area contributed by atoms with Gasteiger partial charge in [0.1, 0.15) is 18.1 Å². The van der Waals surface area contributed by atoms with Gasteiger partial charge in [0, 0.05) is 40.0 Å². The summed E-state index contributed by atoms with van der Waals surface area (Å²) in [6.45, 7) is 7.87. The van der Waals surface area contributed by atoms with Crippen LogP contribution in [0.15, 0.2) is 66.7 Å². The van der Waals surface area contributed by atoms with E-state index in [1.165, 1.54) is 66.3 Å². The third-order valence-electron chi connectivity index (χ3n) is 13.3. The van der Waals surface area contributed by atoms with Crippen LogP contribution >= 0.6 is 0 Å². The van der Waals surface area contributed by atoms with Gasteiger partial charge in [-0.2, -0.15) is 0 Å². The Morgan fingerprint density at radius 1 is 0.745 bits per heavy atom. The van der Waals surface area contributed by atoms with Gasteiger partial charge in [-0.05, 0) is 138 Å². The van der Waals surface area contributed by atoms with Crippen LogP contribution in [-0.4, -0.2) is 52.9 Å². The van der Waals surface area contributed by atoms with Gasteiger partial charge in [0.15, 0.2) is 0 Å². The number of fused-ring (bicyclic) bond motifs is 4. The lowest BCUT2D eigenvalue weighted by molar-refractivity contribution is -0.129. The average Bonchev–Trinajstić information content (AvgIpc) is 3.81. The number of carbonyl (C=O) groups excluding carboxylic acids is 2. The molecule has 1 N–H and O–H groups in total. The lowest BCUT2D eigenvalue weighted by Gasteiger charge is -2.41. The van der Waals surface area contributed by atoms with Crippen molar-refractivity contribution in [2.45, 2.75) is 83.7 Å². The van der Waals surface area contributed by atoms with Crippen molar-refractivity contribution in [3.8, 4) is 11.5 Å². The Bertz CT molecular complexity index is 1690. The first-order chi connectivity index (χ1) is 22.8. The molecule has 2 saturated heterocycles. The molecule has 2 spiro atoms. The van der Waals surface area contributed by atoms with Crippen LogP contribution in [-0.2, 0) is 29.0 Å². The quantitative estimate of drug-likeness (QED) is 0.331. The minimum Gasteiger partial charge on any atom is -0.508 e. The summed E-state index contributed by atoms with van der Waals surface area (Å²) in [4.78, 5) is 27.8. The highest BCUT2D eigenvalue weighted by Crippen LogP contribution is 2.63. The molecule has 0 bridgehead atoms. The minimum absolute atomic E-state index is 0.226. The fourth-order valence-electron chi connectivity index (χ4n) is 11.0. The van der Waals surface area contributed by atoms with Crippen LogP contribution in [0.4, 0.5) is 0 Å². The van der Waals surface area contributed by atoms with E-state index in [1.54, 1.807) is 13.8 Å². The molecule has 0 aromatic heterocycles. The lowest BCUT2D eigenvalue weighted by atomic mass is 9.63. The average molecular weight is 633 g/mol. The molecule has 6 heteroatoms. The summed E-state index contributed by atoms with van der Waals surface area (Å²) in [5, 5.41) is 9.68. The SMILES string of the molecule is CC(=O)N1CC2CCC3c4ccc(O)cc4CCC23C1.CC(=O)N1CC2CCC3c4ccc(OCc5ccccc5)cc4CCC23C1. The zero-order chi connectivity index (χ0) is 32.3. The summed E-state index contributed by atoms with van der Waals surface area (Å²) in [6, 6.07) is 22.9. The monoisotopic (exact) mass is 632 g/mol. The van der Waals surface area contributed by atoms with Crippen molar-refractivity contribution in [1.29, 1.82) is 0 Å². The van der Waals surface area contributed by atoms with E-state index < -0.39 is 0 Å². The molecule has 47 heavy (non-hydrogen) atoms. The van der Waals surface area contributed by atoms with Crippen molar-refractivity contribution in [1.82, 2.24) is 9.80 Å². The van der Waals surface area contributed by atoms with Crippen molar-refractivity contribution < 1.29 is 19.4 Å². The van der Waals surface area contributed by atoms with E-state index in [4.69, 9.17) is 4.74 Å². The summed E-state index contributed by atoms with van der Waals surface area (Å²) >= 11 is 0. The normalized spacial score (nSPS) is 31.0. The summed E-state index contributed by atoms with van der Waals surface area (Å²) < 4.78 is 6.05. The van der Waals surface area contributed by atoms with Gasteiger partial charge in [-0.25, -0.2) is 0 Å². The Labute approximate surface area is 279 Å². The fourth-order valence-corrected chi connectivity index (χ4v) is 11.0. The van der Waals surface area contributed by atoms with Crippen LogP contribution < -0.4 is 4.74 Å². The van der Waals surface area contributed by atoms with Gasteiger partial charge < -0.3 is 19.6 Å². The topological polar surface area (TPSA) is 70.1 Å². The van der Waals surface area contributed by atoms with Crippen molar-refractivity contribution >= 4 is 11.8 Å². The molecule has 246 valence electrons. The molecule has 9 rings (SSSR count). The van der Waals surface area contributed by atoms with Gasteiger partial charge in [0.2, 0.25) is 11.8 Å². The van der Waals surface area contributed by atoms with Gasteiger partial charge in [-0.3, -0.25) is 9.59 Å². The molecule has 6 atom stereocenters. The second kappa shape index (κ2) is 11.7. The van der Waals surface area contributed by atoms with Crippen LogP contribution in [0.3, 0.4) is 0 Å². The van der Waals surface area contributed by atoms with Crippen LogP contribution in [0.1, 0.15) is 92.0 Å². The number of benzene rings is 3. The maximum absolute atomic E-state index is 11.9. The zero-order valence-electron chi connectivity index (χ0n) is 27.9. The third-order valence-corrected chi connectivity index (χ3v) is 13.3. The van der Waals surface area contributed by atoms with Crippen molar-refractivity contribution in [2.75, 3.05) is 26.2 Å². The van der Waals surface area contributed by atoms with Crippen molar-refractivity contribution in [3.05, 3.63) is 94.5 Å². The number of hydrogen-bond acceptors (Lipinski definition) is 4. The number of hydrogen-bond donors (Lipinski definition) is 1. The Hall–Kier alpha value is -3.80. The fraction of sp³-hybridized carbons (Fsp3) is 0.512. The number of aryl methyl sites for hydroxylation is 2. The standard InChI is InChI=1S/C24H27NO2.C17H21NO2/c1-17(26)25-14-20-7-10-23-22-9-8-21(27-15-18-5-3-2-4-6-18)13-19(22)11-12-24(20,23)16-25;1-11(19)18-9-13-2-5-16-15-4-3-14(20)8-12(15)6-7-17(13,16)10-18/h2-6,8-9,13,20,23H,7,10-12,14-16H2,1H3;3-4,8,13,16,20H,2,5-7,9-10H2,1H3. The predicted octanol–water partition coefficient (Wildman–Crippen LogP) is 7.23. The first-order valence-electron chi connectivity index (χ1n) is 17.9. The van der Waals surface area contributed by atoms with E-state index in [0.717, 1.165) is 44.8 Å². The van der Waals surface area contributed by atoms with E-state index in [1.807, 2.05) is 30.3 Å². The maximum Gasteiger partial charge on any atom is 0.219 e. The first-order valence-corrected chi connectivity index (χ1v) is 17.9. The molecule has 2 amide bonds. The number of carbonyl (C=O) groups is 2. The second-order valence-electron chi connectivity index (χ2n) is 15.4. The summed E-state index contributed by atoms with van der Waals surface area (Å²) in [5.74, 6) is 4.38. The van der Waals surface area contributed by atoms with E-state index in [-0.39, 0.29) is 11.8 Å². The van der Waals surface area contributed by atoms with Crippen molar-refractivity contribution in [3.63, 3.8) is 0 Å². The van der Waals surface area contributed by atoms with Crippen LogP contribution in [0.25, 0.3) is 0 Å². The number of likely N-dealkylation sites (tertiary alicyclic amines) is 2. The Morgan fingerprint density at radius 3 is 1.87 bits per heavy atom. The third kappa shape index (κ3) is 5.14. The number of phenolic OH excluding ortho intramolecular Hbond substituents is 1. The molecular weight excluding hydrogens is 584 g/mol. The lowest BCUT2D eigenvalue weighted by Crippen LogP contribution is -2.37. The molecule has 4 fully saturated rings. The summed E-state index contributed by atoms with van der Waals surface area (Å²) in [6.07, 6.45) is 9.56. The smallest absolute Gasteiger partial charge is 0.219 e. The van der Waals surface area contributed by atoms with Gasteiger partial charge in [0.05, 0.1) is 0 Å². The van der Waals surface area contributed by atoms with E-state index in [0.29, 0.717) is 46.9 Å². The van der Waals surface area contributed by atoms with Crippen LogP contribution in [0.2, 0.25) is 0 Å². The largest absolute Gasteiger partial charge is 0.508 e. The summed E-state index contributed by atoms with van der Waals surface area (Å²) in [5.41, 5.74) is 7.56. The number of phenols is 1. The highest BCUT2D eigenvalue weighted by atomic mass is 16.5. The Morgan fingerprint density at radius 2 is 1.30 bits per heavy atom. The molecule has 2 heterocycles. The molecule has 2 saturated carbocycles. The van der Waals surface area contributed by atoms with Crippen molar-refractivity contribution in [2.24, 2.45) is 22.7 Å². The number of aromatic hydroxyl groups is 1. The van der Waals surface area contributed by atoms with E-state index in [2.05, 4.69) is 46.2 Å². The van der Waals surface area contributed by atoms with Crippen LogP contribution in [0.5, 0.6) is 11.5 Å². The number of amides is 2. The molecule has 3 aromatic rings. The molecule has 0 radical (unpaired) electrons. The first kappa shape index (κ1) is 30.5. The zero-order valence-corrected chi connectivity index (χ0v) is 27.9. The van der Waals surface area contributed by atoms with Gasteiger partial charge >= 0.3 is 0 Å². The number of nitrogens with zero attached hydrogens (tertiary/aromatic N) is 2. The molecule has 3 aromatic carbocycles. The molecule has 2 aliphatic heterocycles. The second-order valence-corrected chi connectivity index (χ2v) is 15.4. The molecular formula is C41H48N2O4. The molecule has 6 nitrogen and oxygen atoms in total. The maximum atomic E-state index is 11.9. The Kier molecular flexibility index (Phi) is 7.61. The molecule has 6 unspecified atom stereocenters. The predicted molar refractivity (Wildman–Crippen MR) is 182 cm³/mol.